The predicted octanol–water partition coefficient (Wildman–Crippen LogP) is 2.76. The number of carboxylic acids is 1. The van der Waals surface area contributed by atoms with Gasteiger partial charge in [-0.05, 0) is 12.5 Å². The van der Waals surface area contributed by atoms with E-state index in [-0.39, 0.29) is 0 Å². The van der Waals surface area contributed by atoms with E-state index in [0.717, 1.165) is 10.6 Å². The Morgan fingerprint density at radius 3 is 2.59 bits per heavy atom. The number of aliphatic carboxylic acids is 1. The zero-order chi connectivity index (χ0) is 12.3. The number of aromatic nitrogens is 2. The Hall–Kier alpha value is -1.40. The second-order valence-corrected chi connectivity index (χ2v) is 5.87. The Bertz CT molecular complexity index is 513. The lowest BCUT2D eigenvalue weighted by atomic mass is 10.1. The molecule has 0 saturated heterocycles. The van der Waals surface area contributed by atoms with Gasteiger partial charge in [0.1, 0.15) is 10.3 Å². The van der Waals surface area contributed by atoms with Crippen LogP contribution in [-0.2, 0) is 4.79 Å². The van der Waals surface area contributed by atoms with Gasteiger partial charge in [-0.15, -0.1) is 10.2 Å². The van der Waals surface area contributed by atoms with Gasteiger partial charge in [-0.2, -0.15) is 0 Å². The number of rotatable bonds is 4. The molecule has 2 rings (SSSR count). The molecular weight excluding hydrogens is 256 g/mol. The topological polar surface area (TPSA) is 63.1 Å². The minimum atomic E-state index is -0.867. The molecule has 0 radical (unpaired) electrons. The standard InChI is InChI=1S/C11H10N2O2S2/c1-7-12-13-11(16-7)17-9(10(14)15)8-5-3-2-4-6-8/h2-6,9H,1H3,(H,14,15). The fraction of sp³-hybridized carbons (Fsp3) is 0.182. The predicted molar refractivity (Wildman–Crippen MR) is 67.3 cm³/mol. The van der Waals surface area contributed by atoms with E-state index in [1.165, 1.54) is 23.1 Å². The van der Waals surface area contributed by atoms with Crippen LogP contribution in [0, 0.1) is 6.92 Å². The van der Waals surface area contributed by atoms with Crippen molar-refractivity contribution < 1.29 is 9.90 Å². The van der Waals surface area contributed by atoms with Crippen molar-refractivity contribution in [3.63, 3.8) is 0 Å². The van der Waals surface area contributed by atoms with Crippen molar-refractivity contribution in [3.8, 4) is 0 Å². The highest BCUT2D eigenvalue weighted by Gasteiger charge is 2.22. The zero-order valence-electron chi connectivity index (χ0n) is 9.03. The molecule has 1 N–H and O–H groups in total. The van der Waals surface area contributed by atoms with Crippen LogP contribution >= 0.6 is 23.1 Å². The highest BCUT2D eigenvalue weighted by molar-refractivity contribution is 8.01. The van der Waals surface area contributed by atoms with Crippen LogP contribution in [-0.4, -0.2) is 21.3 Å². The molecule has 0 aliphatic carbocycles. The third kappa shape index (κ3) is 3.04. The van der Waals surface area contributed by atoms with E-state index >= 15 is 0 Å². The summed E-state index contributed by atoms with van der Waals surface area (Å²) in [5, 5.41) is 17.2. The summed E-state index contributed by atoms with van der Waals surface area (Å²) in [5.74, 6) is -0.867. The number of nitrogens with zero attached hydrogens (tertiary/aromatic N) is 2. The number of carbonyl (C=O) groups is 1. The number of carboxylic acid groups (broad SMARTS) is 1. The van der Waals surface area contributed by atoms with Crippen LogP contribution in [0.2, 0.25) is 0 Å². The van der Waals surface area contributed by atoms with Gasteiger partial charge >= 0.3 is 5.97 Å². The van der Waals surface area contributed by atoms with Crippen LogP contribution in [0.15, 0.2) is 34.7 Å². The molecule has 1 aromatic carbocycles. The summed E-state index contributed by atoms with van der Waals surface area (Å²) >= 11 is 2.62. The van der Waals surface area contributed by atoms with E-state index in [2.05, 4.69) is 10.2 Å². The molecule has 0 aliphatic heterocycles. The molecule has 0 aliphatic rings. The first-order valence-corrected chi connectivity index (χ1v) is 6.61. The fourth-order valence-corrected chi connectivity index (χ4v) is 3.26. The maximum Gasteiger partial charge on any atom is 0.321 e. The Labute approximate surface area is 107 Å². The van der Waals surface area contributed by atoms with Gasteiger partial charge in [0.25, 0.3) is 0 Å². The molecule has 1 aromatic heterocycles. The largest absolute Gasteiger partial charge is 0.480 e. The summed E-state index contributed by atoms with van der Waals surface area (Å²) in [6.45, 7) is 1.85. The molecule has 0 bridgehead atoms. The highest BCUT2D eigenvalue weighted by Crippen LogP contribution is 2.36. The lowest BCUT2D eigenvalue weighted by molar-refractivity contribution is -0.136. The smallest absolute Gasteiger partial charge is 0.321 e. The number of thioether (sulfide) groups is 1. The first-order chi connectivity index (χ1) is 8.16. The molecule has 1 heterocycles. The van der Waals surface area contributed by atoms with Gasteiger partial charge in [0.05, 0.1) is 0 Å². The molecule has 4 nitrogen and oxygen atoms in total. The number of aryl methyl sites for hydroxylation is 1. The van der Waals surface area contributed by atoms with Crippen LogP contribution in [0.25, 0.3) is 0 Å². The Morgan fingerprint density at radius 2 is 2.06 bits per heavy atom. The maximum absolute atomic E-state index is 11.2. The molecule has 1 atom stereocenters. The second kappa shape index (κ2) is 5.29. The minimum absolute atomic E-state index is 0.636. The van der Waals surface area contributed by atoms with Gasteiger partial charge in [-0.1, -0.05) is 53.4 Å². The summed E-state index contributed by atoms with van der Waals surface area (Å²) in [7, 11) is 0. The van der Waals surface area contributed by atoms with Crippen molar-refractivity contribution in [1.82, 2.24) is 10.2 Å². The zero-order valence-corrected chi connectivity index (χ0v) is 10.7. The summed E-state index contributed by atoms with van der Waals surface area (Å²) in [6, 6.07) is 9.13. The van der Waals surface area contributed by atoms with E-state index in [1.807, 2.05) is 25.1 Å². The minimum Gasteiger partial charge on any atom is -0.480 e. The van der Waals surface area contributed by atoms with Gasteiger partial charge in [0, 0.05) is 0 Å². The summed E-state index contributed by atoms with van der Waals surface area (Å²) < 4.78 is 0.679. The SMILES string of the molecule is Cc1nnc(SC(C(=O)O)c2ccccc2)s1. The average Bonchev–Trinajstić information content (AvgIpc) is 2.73. The molecule has 1 unspecified atom stereocenters. The van der Waals surface area contributed by atoms with Crippen molar-refractivity contribution in [2.24, 2.45) is 0 Å². The van der Waals surface area contributed by atoms with Gasteiger partial charge in [-0.3, -0.25) is 4.79 Å². The summed E-state index contributed by atoms with van der Waals surface area (Å²) in [5.41, 5.74) is 0.762. The van der Waals surface area contributed by atoms with Crippen LogP contribution in [0.3, 0.4) is 0 Å². The first-order valence-electron chi connectivity index (χ1n) is 4.91. The molecular formula is C11H10N2O2S2. The molecule has 6 heteroatoms. The summed E-state index contributed by atoms with van der Waals surface area (Å²) in [6.07, 6.45) is 0. The van der Waals surface area contributed by atoms with Gasteiger partial charge in [-0.25, -0.2) is 0 Å². The van der Waals surface area contributed by atoms with E-state index in [0.29, 0.717) is 4.34 Å². The number of hydrogen-bond donors (Lipinski definition) is 1. The molecule has 0 saturated carbocycles. The van der Waals surface area contributed by atoms with E-state index in [9.17, 15) is 9.90 Å². The highest BCUT2D eigenvalue weighted by atomic mass is 32.2. The normalized spacial score (nSPS) is 12.3. The lowest BCUT2D eigenvalue weighted by Crippen LogP contribution is -2.07. The van der Waals surface area contributed by atoms with Crippen molar-refractivity contribution in [2.45, 2.75) is 16.5 Å². The van der Waals surface area contributed by atoms with Gasteiger partial charge in [0.2, 0.25) is 0 Å². The number of benzene rings is 1. The van der Waals surface area contributed by atoms with Crippen molar-refractivity contribution >= 4 is 29.1 Å². The molecule has 0 fully saturated rings. The quantitative estimate of drug-likeness (QED) is 0.862. The molecule has 17 heavy (non-hydrogen) atoms. The molecule has 2 aromatic rings. The summed E-state index contributed by atoms with van der Waals surface area (Å²) in [4.78, 5) is 11.2. The monoisotopic (exact) mass is 266 g/mol. The Balaban J connectivity index is 2.22. The van der Waals surface area contributed by atoms with Crippen LogP contribution in [0.4, 0.5) is 0 Å². The van der Waals surface area contributed by atoms with E-state index in [1.54, 1.807) is 12.1 Å². The molecule has 88 valence electrons. The molecule has 0 spiro atoms. The lowest BCUT2D eigenvalue weighted by Gasteiger charge is -2.09. The Morgan fingerprint density at radius 1 is 1.35 bits per heavy atom. The average molecular weight is 266 g/mol. The first kappa shape index (κ1) is 12.1. The van der Waals surface area contributed by atoms with Gasteiger partial charge in [0.15, 0.2) is 4.34 Å². The number of hydrogen-bond acceptors (Lipinski definition) is 5. The van der Waals surface area contributed by atoms with E-state index in [4.69, 9.17) is 0 Å². The fourth-order valence-electron chi connectivity index (χ4n) is 1.32. The third-order valence-electron chi connectivity index (χ3n) is 2.05. The van der Waals surface area contributed by atoms with Crippen molar-refractivity contribution in [2.75, 3.05) is 0 Å². The maximum atomic E-state index is 11.2. The van der Waals surface area contributed by atoms with Crippen LogP contribution < -0.4 is 0 Å². The molecule has 0 amide bonds. The van der Waals surface area contributed by atoms with Crippen LogP contribution in [0.1, 0.15) is 15.8 Å². The second-order valence-electron chi connectivity index (χ2n) is 3.33. The third-order valence-corrected chi connectivity index (χ3v) is 4.22. The van der Waals surface area contributed by atoms with Crippen molar-refractivity contribution in [1.29, 1.82) is 0 Å². The van der Waals surface area contributed by atoms with Gasteiger partial charge < -0.3 is 5.11 Å². The van der Waals surface area contributed by atoms with Crippen molar-refractivity contribution in [3.05, 3.63) is 40.9 Å². The van der Waals surface area contributed by atoms with Crippen LogP contribution in [0.5, 0.6) is 0 Å². The van der Waals surface area contributed by atoms with E-state index < -0.39 is 11.2 Å². The Kier molecular flexibility index (Phi) is 3.75.